The van der Waals surface area contributed by atoms with Crippen molar-refractivity contribution in [2.45, 2.75) is 64.2 Å². The lowest BCUT2D eigenvalue weighted by Gasteiger charge is -2.00. The molecule has 0 bridgehead atoms. The highest BCUT2D eigenvalue weighted by Crippen LogP contribution is 2.11. The lowest BCUT2D eigenvalue weighted by atomic mass is 10.1. The molecule has 0 aliphatic heterocycles. The Bertz CT molecular complexity index is 422. The molecule has 0 spiro atoms. The van der Waals surface area contributed by atoms with E-state index in [-0.39, 0.29) is 0 Å². The van der Waals surface area contributed by atoms with E-state index in [1.54, 1.807) is 0 Å². The summed E-state index contributed by atoms with van der Waals surface area (Å²) in [4.78, 5) is 0. The minimum atomic E-state index is 1.21. The zero-order chi connectivity index (χ0) is 17.0. The van der Waals surface area contributed by atoms with E-state index in [1.165, 1.54) is 64.2 Å². The van der Waals surface area contributed by atoms with E-state index < -0.39 is 0 Å². The molecule has 0 atom stereocenters. The molecule has 1 rings (SSSR count). The Morgan fingerprint density at radius 1 is 0.250 bits per heavy atom. The largest absolute Gasteiger partial charge is 0.0845 e. The molecular weight excluding hydrogens is 288 g/mol. The van der Waals surface area contributed by atoms with Crippen molar-refractivity contribution in [3.05, 3.63) is 85.1 Å². The molecule has 1 aliphatic rings. The van der Waals surface area contributed by atoms with Crippen molar-refractivity contribution in [3.8, 4) is 0 Å². The predicted octanol–water partition coefficient (Wildman–Crippen LogP) is 7.79. The Morgan fingerprint density at radius 3 is 0.833 bits per heavy atom. The van der Waals surface area contributed by atoms with Gasteiger partial charge in [0.1, 0.15) is 0 Å². The van der Waals surface area contributed by atoms with Gasteiger partial charge in [-0.2, -0.15) is 0 Å². The molecule has 0 nitrogen and oxygen atoms in total. The smallest absolute Gasteiger partial charge is 0.0348 e. The molecule has 130 valence electrons. The summed E-state index contributed by atoms with van der Waals surface area (Å²) < 4.78 is 0. The Morgan fingerprint density at radius 2 is 0.500 bits per heavy atom. The molecule has 0 amide bonds. The molecule has 0 aromatic rings. The van der Waals surface area contributed by atoms with Gasteiger partial charge in [-0.1, -0.05) is 124 Å². The summed E-state index contributed by atoms with van der Waals surface area (Å²) in [6.45, 7) is 0. The van der Waals surface area contributed by atoms with Crippen LogP contribution in [0.5, 0.6) is 0 Å². The molecule has 0 heteroatoms. The van der Waals surface area contributed by atoms with Gasteiger partial charge in [0.2, 0.25) is 0 Å². The molecule has 0 unspecified atom stereocenters. The van der Waals surface area contributed by atoms with Gasteiger partial charge in [0.15, 0.2) is 0 Å². The van der Waals surface area contributed by atoms with Gasteiger partial charge in [0.25, 0.3) is 0 Å². The molecule has 0 N–H and O–H groups in total. The Kier molecular flexibility index (Phi) is 14.8. The maximum atomic E-state index is 2.28. The second kappa shape index (κ2) is 17.5. The van der Waals surface area contributed by atoms with Gasteiger partial charge in [0.05, 0.1) is 0 Å². The third kappa shape index (κ3) is 15.1. The fraction of sp³-hybridized carbons (Fsp3) is 0.417. The minimum Gasteiger partial charge on any atom is -0.0845 e. The zero-order valence-corrected chi connectivity index (χ0v) is 15.2. The first-order valence-electron chi connectivity index (χ1n) is 9.65. The summed E-state index contributed by atoms with van der Waals surface area (Å²) in [6, 6.07) is 0. The molecule has 0 aromatic heterocycles. The molecule has 0 radical (unpaired) electrons. The van der Waals surface area contributed by atoms with Crippen molar-refractivity contribution in [1.29, 1.82) is 0 Å². The highest BCUT2D eigenvalue weighted by molar-refractivity contribution is 5.20. The van der Waals surface area contributed by atoms with Crippen LogP contribution in [0.3, 0.4) is 0 Å². The molecule has 0 heterocycles. The summed E-state index contributed by atoms with van der Waals surface area (Å²) in [6.07, 6.45) is 43.0. The summed E-state index contributed by atoms with van der Waals surface area (Å²) in [5.74, 6) is 0. The summed E-state index contributed by atoms with van der Waals surface area (Å²) in [5, 5.41) is 0. The van der Waals surface area contributed by atoms with Crippen molar-refractivity contribution in [3.63, 3.8) is 0 Å². The Labute approximate surface area is 149 Å². The van der Waals surface area contributed by atoms with Crippen LogP contribution in [-0.2, 0) is 0 Å². The first kappa shape index (κ1) is 20.2. The number of rotatable bonds is 0. The molecule has 24 heavy (non-hydrogen) atoms. The fourth-order valence-electron chi connectivity index (χ4n) is 2.58. The molecule has 0 aromatic carbocycles. The number of hydrogen-bond donors (Lipinski definition) is 0. The van der Waals surface area contributed by atoms with Crippen LogP contribution in [0.15, 0.2) is 85.1 Å². The van der Waals surface area contributed by atoms with E-state index in [2.05, 4.69) is 72.9 Å². The van der Waals surface area contributed by atoms with Gasteiger partial charge < -0.3 is 0 Å². The van der Waals surface area contributed by atoms with Crippen LogP contribution < -0.4 is 0 Å². The summed E-state index contributed by atoms with van der Waals surface area (Å²) in [7, 11) is 0. The quantitative estimate of drug-likeness (QED) is 0.427. The van der Waals surface area contributed by atoms with Crippen molar-refractivity contribution >= 4 is 0 Å². The van der Waals surface area contributed by atoms with Crippen molar-refractivity contribution in [2.75, 3.05) is 0 Å². The van der Waals surface area contributed by atoms with Crippen molar-refractivity contribution < 1.29 is 0 Å². The van der Waals surface area contributed by atoms with Gasteiger partial charge in [0, 0.05) is 0 Å². The van der Waals surface area contributed by atoms with E-state index >= 15 is 0 Å². The van der Waals surface area contributed by atoms with Crippen LogP contribution in [0, 0.1) is 0 Å². The molecule has 0 saturated heterocycles. The SMILES string of the molecule is C1=CCCCCCCCCCC\C=C/C=C/C=C/C=C/C=C/C=C\1. The third-order valence-electron chi connectivity index (χ3n) is 3.99. The second-order valence-electron chi connectivity index (χ2n) is 6.19. The zero-order valence-electron chi connectivity index (χ0n) is 15.2. The molecule has 0 saturated carbocycles. The van der Waals surface area contributed by atoms with Crippen LogP contribution in [0.25, 0.3) is 0 Å². The molecule has 0 fully saturated rings. The highest BCUT2D eigenvalue weighted by atomic mass is 14.0. The van der Waals surface area contributed by atoms with Crippen molar-refractivity contribution in [2.24, 2.45) is 0 Å². The standard InChI is InChI=1S/C24H34/c1-2-4-6-8-10-12-14-16-18-20-22-24-23-21-19-17-15-13-11-9-7-5-3-1/h1-14H,15-24H2/b2-1+,5-3+,6-4+,9-7-,10-8+,13-11?,14-12-. The average Bonchev–Trinajstić information content (AvgIpc) is 2.59. The monoisotopic (exact) mass is 322 g/mol. The van der Waals surface area contributed by atoms with Gasteiger partial charge in [-0.3, -0.25) is 0 Å². The maximum absolute atomic E-state index is 2.28. The van der Waals surface area contributed by atoms with Crippen LogP contribution >= 0.6 is 0 Å². The van der Waals surface area contributed by atoms with Crippen molar-refractivity contribution in [1.82, 2.24) is 0 Å². The Hall–Kier alpha value is -1.82. The minimum absolute atomic E-state index is 1.21. The highest BCUT2D eigenvalue weighted by Gasteiger charge is 1.91. The number of allylic oxidation sites excluding steroid dienone is 14. The van der Waals surface area contributed by atoms with E-state index in [4.69, 9.17) is 0 Å². The van der Waals surface area contributed by atoms with Gasteiger partial charge >= 0.3 is 0 Å². The Balaban J connectivity index is 2.37. The lowest BCUT2D eigenvalue weighted by Crippen LogP contribution is -1.81. The molecule has 1 aliphatic carbocycles. The van der Waals surface area contributed by atoms with Crippen LogP contribution in [0.4, 0.5) is 0 Å². The average molecular weight is 323 g/mol. The van der Waals surface area contributed by atoms with Gasteiger partial charge in [-0.25, -0.2) is 0 Å². The summed E-state index contributed by atoms with van der Waals surface area (Å²) in [5.41, 5.74) is 0. The van der Waals surface area contributed by atoms with Gasteiger partial charge in [-0.05, 0) is 25.7 Å². The van der Waals surface area contributed by atoms with E-state index in [0.717, 1.165) is 0 Å². The lowest BCUT2D eigenvalue weighted by molar-refractivity contribution is 0.571. The topological polar surface area (TPSA) is 0 Å². The maximum Gasteiger partial charge on any atom is -0.0348 e. The normalized spacial score (nSPS) is 27.3. The van der Waals surface area contributed by atoms with Crippen LogP contribution in [0.2, 0.25) is 0 Å². The van der Waals surface area contributed by atoms with Crippen LogP contribution in [0.1, 0.15) is 64.2 Å². The van der Waals surface area contributed by atoms with E-state index in [1.807, 2.05) is 12.2 Å². The second-order valence-corrected chi connectivity index (χ2v) is 6.19. The predicted molar refractivity (Wildman–Crippen MR) is 110 cm³/mol. The third-order valence-corrected chi connectivity index (χ3v) is 3.99. The first-order chi connectivity index (χ1) is 12.0. The van der Waals surface area contributed by atoms with Gasteiger partial charge in [-0.15, -0.1) is 0 Å². The summed E-state index contributed by atoms with van der Waals surface area (Å²) >= 11 is 0. The first-order valence-corrected chi connectivity index (χ1v) is 9.65. The number of hydrogen-bond acceptors (Lipinski definition) is 0. The van der Waals surface area contributed by atoms with Crippen LogP contribution in [-0.4, -0.2) is 0 Å². The van der Waals surface area contributed by atoms with E-state index in [9.17, 15) is 0 Å². The van der Waals surface area contributed by atoms with E-state index in [0.29, 0.717) is 0 Å². The fourth-order valence-corrected chi connectivity index (χ4v) is 2.58. The molecular formula is C24H34.